The summed E-state index contributed by atoms with van der Waals surface area (Å²) in [5.74, 6) is -0.643. The number of aryl methyl sites for hydroxylation is 1. The summed E-state index contributed by atoms with van der Waals surface area (Å²) in [6, 6.07) is 5.07. The molecule has 6 nitrogen and oxygen atoms in total. The summed E-state index contributed by atoms with van der Waals surface area (Å²) in [4.78, 5) is 38.1. The van der Waals surface area contributed by atoms with Crippen LogP contribution in [-0.2, 0) is 20.7 Å². The number of likely N-dealkylation sites (tertiary alicyclic amines) is 1. The number of hydrogen-bond acceptors (Lipinski definition) is 4. The number of esters is 1. The van der Waals surface area contributed by atoms with Gasteiger partial charge in [0.1, 0.15) is 0 Å². The Morgan fingerprint density at radius 2 is 1.84 bits per heavy atom. The highest BCUT2D eigenvalue weighted by Crippen LogP contribution is 2.24. The monoisotopic (exact) mass is 344 g/mol. The lowest BCUT2D eigenvalue weighted by atomic mass is 10.0. The highest BCUT2D eigenvalue weighted by molar-refractivity contribution is 5.96. The minimum atomic E-state index is -0.790. The van der Waals surface area contributed by atoms with Crippen molar-refractivity contribution in [2.75, 3.05) is 18.4 Å². The van der Waals surface area contributed by atoms with Crippen LogP contribution in [0.2, 0.25) is 0 Å². The number of anilines is 1. The van der Waals surface area contributed by atoms with Crippen LogP contribution in [0.4, 0.5) is 5.69 Å². The molecule has 2 heterocycles. The van der Waals surface area contributed by atoms with Crippen LogP contribution in [-0.4, -0.2) is 41.9 Å². The summed E-state index contributed by atoms with van der Waals surface area (Å²) >= 11 is 0. The summed E-state index contributed by atoms with van der Waals surface area (Å²) in [5.41, 5.74) is 2.06. The molecule has 2 amide bonds. The molecule has 0 bridgehead atoms. The van der Waals surface area contributed by atoms with Crippen LogP contribution in [0.5, 0.6) is 0 Å². The van der Waals surface area contributed by atoms with Gasteiger partial charge in [0, 0.05) is 25.2 Å². The number of hydrogen-bond donors (Lipinski definition) is 1. The van der Waals surface area contributed by atoms with E-state index in [2.05, 4.69) is 5.32 Å². The van der Waals surface area contributed by atoms with E-state index in [4.69, 9.17) is 4.74 Å². The molecule has 0 unspecified atom stereocenters. The smallest absolute Gasteiger partial charge is 0.338 e. The highest BCUT2D eigenvalue weighted by atomic mass is 16.5. The van der Waals surface area contributed by atoms with Gasteiger partial charge in [-0.25, -0.2) is 4.79 Å². The maximum Gasteiger partial charge on any atom is 0.338 e. The lowest BCUT2D eigenvalue weighted by molar-refractivity contribution is -0.139. The summed E-state index contributed by atoms with van der Waals surface area (Å²) in [7, 11) is 0. The lowest BCUT2D eigenvalue weighted by Crippen LogP contribution is -2.40. The molecule has 1 fully saturated rings. The molecule has 2 aliphatic rings. The first kappa shape index (κ1) is 17.5. The number of carbonyl (C=O) groups excluding carboxylic acids is 3. The predicted octanol–water partition coefficient (Wildman–Crippen LogP) is 2.52. The zero-order chi connectivity index (χ0) is 17.8. The van der Waals surface area contributed by atoms with E-state index in [9.17, 15) is 14.4 Å². The maximum absolute atomic E-state index is 12.5. The van der Waals surface area contributed by atoms with E-state index >= 15 is 0 Å². The zero-order valence-corrected chi connectivity index (χ0v) is 14.5. The van der Waals surface area contributed by atoms with Gasteiger partial charge in [-0.2, -0.15) is 0 Å². The third-order valence-corrected chi connectivity index (χ3v) is 4.79. The number of benzene rings is 1. The van der Waals surface area contributed by atoms with Gasteiger partial charge in [0.15, 0.2) is 6.10 Å². The van der Waals surface area contributed by atoms with Crippen LogP contribution in [0.25, 0.3) is 0 Å². The number of nitrogens with one attached hydrogen (secondary N) is 1. The van der Waals surface area contributed by atoms with Crippen molar-refractivity contribution in [1.29, 1.82) is 0 Å². The van der Waals surface area contributed by atoms with E-state index < -0.39 is 12.1 Å². The van der Waals surface area contributed by atoms with Crippen molar-refractivity contribution in [2.24, 2.45) is 0 Å². The molecule has 134 valence electrons. The minimum absolute atomic E-state index is 0.0144. The molecule has 0 aliphatic carbocycles. The van der Waals surface area contributed by atoms with Crippen LogP contribution in [0.1, 0.15) is 54.9 Å². The van der Waals surface area contributed by atoms with Crippen LogP contribution in [0.15, 0.2) is 18.2 Å². The van der Waals surface area contributed by atoms with Gasteiger partial charge in [-0.3, -0.25) is 9.59 Å². The summed E-state index contributed by atoms with van der Waals surface area (Å²) in [5, 5.41) is 2.78. The fourth-order valence-corrected chi connectivity index (χ4v) is 3.34. The number of rotatable bonds is 3. The highest BCUT2D eigenvalue weighted by Gasteiger charge is 2.25. The van der Waals surface area contributed by atoms with Gasteiger partial charge in [-0.15, -0.1) is 0 Å². The Bertz CT molecular complexity index is 678. The quantitative estimate of drug-likeness (QED) is 0.855. The van der Waals surface area contributed by atoms with Gasteiger partial charge in [0.05, 0.1) is 5.56 Å². The van der Waals surface area contributed by atoms with Gasteiger partial charge in [0.2, 0.25) is 5.91 Å². The van der Waals surface area contributed by atoms with Gasteiger partial charge >= 0.3 is 5.97 Å². The molecule has 1 atom stereocenters. The van der Waals surface area contributed by atoms with Crippen LogP contribution >= 0.6 is 0 Å². The zero-order valence-electron chi connectivity index (χ0n) is 14.5. The van der Waals surface area contributed by atoms with Crippen molar-refractivity contribution < 1.29 is 19.1 Å². The summed E-state index contributed by atoms with van der Waals surface area (Å²) in [6.07, 6.45) is 4.51. The minimum Gasteiger partial charge on any atom is -0.449 e. The Kier molecular flexibility index (Phi) is 5.36. The SMILES string of the molecule is C[C@H](OC(=O)c1ccc2c(c1)CCC(=O)N2)C(=O)N1CCCCCC1. The number of fused-ring (bicyclic) bond motifs is 1. The fourth-order valence-electron chi connectivity index (χ4n) is 3.34. The number of amides is 2. The molecule has 1 aromatic carbocycles. The van der Waals surface area contributed by atoms with Gasteiger partial charge in [0.25, 0.3) is 5.91 Å². The molecule has 3 rings (SSSR count). The Balaban J connectivity index is 1.63. The fraction of sp³-hybridized carbons (Fsp3) is 0.526. The molecule has 1 N–H and O–H groups in total. The summed E-state index contributed by atoms with van der Waals surface area (Å²) in [6.45, 7) is 3.10. The number of nitrogens with zero attached hydrogens (tertiary/aromatic N) is 1. The van der Waals surface area contributed by atoms with Gasteiger partial charge in [-0.1, -0.05) is 12.8 Å². The van der Waals surface area contributed by atoms with E-state index in [1.165, 1.54) is 0 Å². The average molecular weight is 344 g/mol. The normalized spacial score (nSPS) is 18.6. The first-order valence-corrected chi connectivity index (χ1v) is 8.97. The molecule has 0 saturated carbocycles. The molecule has 1 saturated heterocycles. The van der Waals surface area contributed by atoms with Crippen LogP contribution in [0.3, 0.4) is 0 Å². The van der Waals surface area contributed by atoms with Crippen molar-refractivity contribution >= 4 is 23.5 Å². The van der Waals surface area contributed by atoms with E-state index in [-0.39, 0.29) is 11.8 Å². The van der Waals surface area contributed by atoms with Gasteiger partial charge in [-0.05, 0) is 49.9 Å². The molecule has 6 heteroatoms. The number of carbonyl (C=O) groups is 3. The largest absolute Gasteiger partial charge is 0.449 e. The second kappa shape index (κ2) is 7.68. The molecule has 0 spiro atoms. The van der Waals surface area contributed by atoms with Crippen LogP contribution < -0.4 is 5.32 Å². The Hall–Kier alpha value is -2.37. The van der Waals surface area contributed by atoms with Gasteiger partial charge < -0.3 is 15.0 Å². The predicted molar refractivity (Wildman–Crippen MR) is 93.3 cm³/mol. The number of ether oxygens (including phenoxy) is 1. The van der Waals surface area contributed by atoms with Crippen molar-refractivity contribution in [1.82, 2.24) is 4.90 Å². The maximum atomic E-state index is 12.5. The van der Waals surface area contributed by atoms with Crippen molar-refractivity contribution in [3.8, 4) is 0 Å². The van der Waals surface area contributed by atoms with Crippen molar-refractivity contribution in [3.05, 3.63) is 29.3 Å². The second-order valence-corrected chi connectivity index (χ2v) is 6.71. The van der Waals surface area contributed by atoms with E-state index in [1.54, 1.807) is 30.0 Å². The third-order valence-electron chi connectivity index (χ3n) is 4.79. The molecular formula is C19H24N2O4. The molecule has 0 radical (unpaired) electrons. The molecular weight excluding hydrogens is 320 g/mol. The molecule has 1 aromatic rings. The Morgan fingerprint density at radius 1 is 1.12 bits per heavy atom. The van der Waals surface area contributed by atoms with E-state index in [1.807, 2.05) is 0 Å². The third kappa shape index (κ3) is 4.18. The second-order valence-electron chi connectivity index (χ2n) is 6.71. The summed E-state index contributed by atoms with van der Waals surface area (Å²) < 4.78 is 5.39. The van der Waals surface area contributed by atoms with Crippen LogP contribution in [0, 0.1) is 0 Å². The molecule has 25 heavy (non-hydrogen) atoms. The first-order chi connectivity index (χ1) is 12.0. The lowest BCUT2D eigenvalue weighted by Gasteiger charge is -2.24. The van der Waals surface area contributed by atoms with E-state index in [0.29, 0.717) is 18.4 Å². The average Bonchev–Trinajstić information content (AvgIpc) is 2.89. The van der Waals surface area contributed by atoms with E-state index in [0.717, 1.165) is 50.0 Å². The molecule has 0 aromatic heterocycles. The Morgan fingerprint density at radius 3 is 2.56 bits per heavy atom. The van der Waals surface area contributed by atoms with Crippen molar-refractivity contribution in [3.63, 3.8) is 0 Å². The molecule has 2 aliphatic heterocycles. The first-order valence-electron chi connectivity index (χ1n) is 8.97. The topological polar surface area (TPSA) is 75.7 Å². The standard InChI is InChI=1S/C19H24N2O4/c1-13(18(23)21-10-4-2-3-5-11-21)25-19(24)15-6-8-16-14(12-15)7-9-17(22)20-16/h6,8,12-13H,2-5,7,9-11H2,1H3,(H,20,22)/t13-/m0/s1. The van der Waals surface area contributed by atoms with Crippen molar-refractivity contribution in [2.45, 2.75) is 51.6 Å². The Labute approximate surface area is 147 Å².